The van der Waals surface area contributed by atoms with E-state index in [0.717, 1.165) is 13.0 Å². The van der Waals surface area contributed by atoms with Crippen LogP contribution in [0.3, 0.4) is 0 Å². The number of nitrogens with zero attached hydrogens (tertiary/aromatic N) is 1. The molecule has 0 saturated heterocycles. The van der Waals surface area contributed by atoms with Gasteiger partial charge in [0, 0.05) is 6.54 Å². The number of aromatic nitrogens is 1. The Morgan fingerprint density at radius 1 is 1.53 bits per heavy atom. The molecule has 17 heavy (non-hydrogen) atoms. The van der Waals surface area contributed by atoms with E-state index in [2.05, 4.69) is 23.1 Å². The molecule has 0 aliphatic carbocycles. The summed E-state index contributed by atoms with van der Waals surface area (Å²) < 4.78 is 5.39. The number of hydrogen-bond acceptors (Lipinski definition) is 3. The smallest absolute Gasteiger partial charge is 0.235 e. The molecule has 1 aromatic heterocycles. The van der Waals surface area contributed by atoms with Gasteiger partial charge in [-0.15, -0.1) is 6.42 Å². The fourth-order valence-corrected chi connectivity index (χ4v) is 1.57. The van der Waals surface area contributed by atoms with E-state index in [1.54, 1.807) is 13.0 Å². The Kier molecular flexibility index (Phi) is 5.40. The summed E-state index contributed by atoms with van der Waals surface area (Å²) in [5.74, 6) is 3.29. The Bertz CT molecular complexity index is 429. The van der Waals surface area contributed by atoms with Crippen molar-refractivity contribution in [3.63, 3.8) is 0 Å². The van der Waals surface area contributed by atoms with Crippen LogP contribution in [0.1, 0.15) is 20.3 Å². The third-order valence-corrected chi connectivity index (χ3v) is 2.52. The van der Waals surface area contributed by atoms with E-state index in [-0.39, 0.29) is 6.10 Å². The van der Waals surface area contributed by atoms with Crippen molar-refractivity contribution in [2.24, 2.45) is 0 Å². The van der Waals surface area contributed by atoms with Crippen LogP contribution in [0.25, 0.3) is 0 Å². The van der Waals surface area contributed by atoms with Crippen LogP contribution in [0.15, 0.2) is 6.07 Å². The molecule has 0 aliphatic rings. The lowest BCUT2D eigenvalue weighted by Crippen LogP contribution is -2.11. The number of halogens is 2. The zero-order valence-electron chi connectivity index (χ0n) is 9.76. The van der Waals surface area contributed by atoms with E-state index in [9.17, 15) is 0 Å². The summed E-state index contributed by atoms with van der Waals surface area (Å²) in [7, 11) is 0. The summed E-state index contributed by atoms with van der Waals surface area (Å²) in [6.45, 7) is 4.57. The largest absolute Gasteiger partial charge is 0.460 e. The number of anilines is 1. The molecule has 1 N–H and O–H groups in total. The van der Waals surface area contributed by atoms with Gasteiger partial charge in [0.25, 0.3) is 0 Å². The van der Waals surface area contributed by atoms with Gasteiger partial charge in [0.2, 0.25) is 5.88 Å². The van der Waals surface area contributed by atoms with E-state index in [0.29, 0.717) is 21.7 Å². The van der Waals surface area contributed by atoms with E-state index in [1.807, 2.05) is 0 Å². The van der Waals surface area contributed by atoms with Gasteiger partial charge in [-0.2, -0.15) is 4.98 Å². The number of hydrogen-bond donors (Lipinski definition) is 1. The monoisotopic (exact) mass is 272 g/mol. The van der Waals surface area contributed by atoms with Crippen LogP contribution in [0, 0.1) is 12.3 Å². The molecule has 0 saturated carbocycles. The lowest BCUT2D eigenvalue weighted by Gasteiger charge is -2.13. The van der Waals surface area contributed by atoms with Gasteiger partial charge in [0.15, 0.2) is 6.10 Å². The number of pyridine rings is 1. The highest BCUT2D eigenvalue weighted by Crippen LogP contribution is 2.31. The summed E-state index contributed by atoms with van der Waals surface area (Å²) in [5.41, 5.74) is 0. The lowest BCUT2D eigenvalue weighted by molar-refractivity contribution is 0.268. The molecule has 0 spiro atoms. The second-order valence-corrected chi connectivity index (χ2v) is 4.27. The van der Waals surface area contributed by atoms with Gasteiger partial charge in [0.05, 0.1) is 5.02 Å². The summed E-state index contributed by atoms with van der Waals surface area (Å²) in [4.78, 5) is 4.20. The topological polar surface area (TPSA) is 34.1 Å². The van der Waals surface area contributed by atoms with Crippen molar-refractivity contribution < 1.29 is 4.74 Å². The maximum Gasteiger partial charge on any atom is 0.235 e. The standard InChI is InChI=1S/C12H14Cl2N2O/c1-4-6-15-11-9(13)7-10(14)12(16-11)17-8(3)5-2/h2,7-8H,4,6H2,1,3H3,(H,15,16). The maximum absolute atomic E-state index is 6.00. The molecule has 1 heterocycles. The van der Waals surface area contributed by atoms with Crippen LogP contribution in [0.5, 0.6) is 5.88 Å². The first kappa shape index (κ1) is 14.0. The minimum absolute atomic E-state index is 0.292. The Morgan fingerprint density at radius 2 is 2.24 bits per heavy atom. The predicted molar refractivity (Wildman–Crippen MR) is 72.0 cm³/mol. The molecule has 0 radical (unpaired) electrons. The van der Waals surface area contributed by atoms with E-state index in [1.165, 1.54) is 0 Å². The highest BCUT2D eigenvalue weighted by Gasteiger charge is 2.11. The van der Waals surface area contributed by atoms with Crippen LogP contribution in [-0.2, 0) is 0 Å². The van der Waals surface area contributed by atoms with Gasteiger partial charge in [-0.3, -0.25) is 0 Å². The summed E-state index contributed by atoms with van der Waals surface area (Å²) >= 11 is 12.0. The van der Waals surface area contributed by atoms with E-state index in [4.69, 9.17) is 34.4 Å². The molecule has 0 amide bonds. The molecule has 3 nitrogen and oxygen atoms in total. The highest BCUT2D eigenvalue weighted by atomic mass is 35.5. The van der Waals surface area contributed by atoms with E-state index < -0.39 is 0 Å². The van der Waals surface area contributed by atoms with Crippen molar-refractivity contribution in [3.8, 4) is 18.2 Å². The van der Waals surface area contributed by atoms with Gasteiger partial charge < -0.3 is 10.1 Å². The molecule has 1 aromatic rings. The van der Waals surface area contributed by atoms with Gasteiger partial charge in [0.1, 0.15) is 10.8 Å². The molecule has 0 fully saturated rings. The van der Waals surface area contributed by atoms with Crippen molar-refractivity contribution >= 4 is 29.0 Å². The number of terminal acetylenes is 1. The molecule has 1 rings (SSSR count). The SMILES string of the molecule is C#CC(C)Oc1nc(NCCC)c(Cl)cc1Cl. The molecule has 1 atom stereocenters. The Hall–Kier alpha value is -1.11. The number of nitrogens with one attached hydrogen (secondary N) is 1. The number of rotatable bonds is 5. The summed E-state index contributed by atoms with van der Waals surface area (Å²) in [6.07, 6.45) is 5.81. The molecule has 5 heteroatoms. The average molecular weight is 273 g/mol. The van der Waals surface area contributed by atoms with Crippen molar-refractivity contribution in [3.05, 3.63) is 16.1 Å². The van der Waals surface area contributed by atoms with Crippen LogP contribution in [-0.4, -0.2) is 17.6 Å². The van der Waals surface area contributed by atoms with Crippen molar-refractivity contribution in [1.29, 1.82) is 0 Å². The Morgan fingerprint density at radius 3 is 2.82 bits per heavy atom. The van der Waals surface area contributed by atoms with Crippen molar-refractivity contribution in [2.45, 2.75) is 26.4 Å². The van der Waals surface area contributed by atoms with Gasteiger partial charge >= 0.3 is 0 Å². The molecule has 0 aliphatic heterocycles. The normalized spacial score (nSPS) is 11.7. The third kappa shape index (κ3) is 3.99. The Labute approximate surface area is 111 Å². The molecule has 0 aromatic carbocycles. The first-order chi connectivity index (χ1) is 8.08. The Balaban J connectivity index is 2.94. The number of ether oxygens (including phenoxy) is 1. The van der Waals surface area contributed by atoms with Crippen molar-refractivity contribution in [2.75, 3.05) is 11.9 Å². The van der Waals surface area contributed by atoms with Gasteiger partial charge in [-0.25, -0.2) is 0 Å². The first-order valence-corrected chi connectivity index (χ1v) is 6.06. The fraction of sp³-hybridized carbons (Fsp3) is 0.417. The summed E-state index contributed by atoms with van der Waals surface area (Å²) in [5, 5.41) is 3.90. The van der Waals surface area contributed by atoms with Crippen molar-refractivity contribution in [1.82, 2.24) is 4.98 Å². The van der Waals surface area contributed by atoms with Gasteiger partial charge in [-0.05, 0) is 19.4 Å². The molecule has 0 bridgehead atoms. The third-order valence-electron chi connectivity index (χ3n) is 1.96. The maximum atomic E-state index is 6.00. The van der Waals surface area contributed by atoms with Crippen LogP contribution in [0.4, 0.5) is 5.82 Å². The zero-order chi connectivity index (χ0) is 12.8. The average Bonchev–Trinajstić information content (AvgIpc) is 2.30. The molecular weight excluding hydrogens is 259 g/mol. The molecular formula is C12H14Cl2N2O. The minimum atomic E-state index is -0.389. The predicted octanol–water partition coefficient (Wildman–Crippen LogP) is 3.61. The summed E-state index contributed by atoms with van der Waals surface area (Å²) in [6, 6.07) is 1.59. The van der Waals surface area contributed by atoms with Crippen LogP contribution >= 0.6 is 23.2 Å². The van der Waals surface area contributed by atoms with Crippen LogP contribution < -0.4 is 10.1 Å². The van der Waals surface area contributed by atoms with Crippen LogP contribution in [0.2, 0.25) is 10.0 Å². The second kappa shape index (κ2) is 6.58. The zero-order valence-corrected chi connectivity index (χ0v) is 11.3. The molecule has 1 unspecified atom stereocenters. The van der Waals surface area contributed by atoms with Gasteiger partial charge in [-0.1, -0.05) is 36.0 Å². The van der Waals surface area contributed by atoms with E-state index >= 15 is 0 Å². The first-order valence-electron chi connectivity index (χ1n) is 5.31. The highest BCUT2D eigenvalue weighted by molar-refractivity contribution is 6.36. The fourth-order valence-electron chi connectivity index (χ4n) is 1.10. The quantitative estimate of drug-likeness (QED) is 0.832. The lowest BCUT2D eigenvalue weighted by atomic mass is 10.4. The molecule has 92 valence electrons. The second-order valence-electron chi connectivity index (χ2n) is 3.46. The minimum Gasteiger partial charge on any atom is -0.460 e.